The smallest absolute Gasteiger partial charge is 0.0770 e. The number of hydrogen-bond acceptors (Lipinski definition) is 20. The maximum absolute atomic E-state index is 8.73. The van der Waals surface area contributed by atoms with Gasteiger partial charge in [-0.1, -0.05) is 13.8 Å². The molecule has 488 valence electrons. The van der Waals surface area contributed by atoms with Crippen LogP contribution in [-0.4, -0.2) is 250 Å². The van der Waals surface area contributed by atoms with Crippen LogP contribution in [0.25, 0.3) is 0 Å². The molecule has 0 saturated carbocycles. The molecule has 0 aliphatic carbocycles. The van der Waals surface area contributed by atoms with Gasteiger partial charge >= 0.3 is 0 Å². The van der Waals surface area contributed by atoms with Gasteiger partial charge in [0.1, 0.15) is 0 Å². The minimum Gasteiger partial charge on any atom is -0.396 e. The van der Waals surface area contributed by atoms with Gasteiger partial charge in [0.05, 0.1) is 103 Å². The Bertz CT molecular complexity index is 602. The van der Waals surface area contributed by atoms with Crippen LogP contribution < -0.4 is 0 Å². The molecule has 4 atom stereocenters. The fourth-order valence-corrected chi connectivity index (χ4v) is 2.61. The van der Waals surface area contributed by atoms with Gasteiger partial charge < -0.3 is 98.4 Å². The first-order valence-electron chi connectivity index (χ1n) is 23.3. The zero-order valence-corrected chi connectivity index (χ0v) is 48.3. The van der Waals surface area contributed by atoms with Crippen molar-refractivity contribution in [1.29, 1.82) is 0 Å². The Balaban J connectivity index is -0.0000000369. The summed E-state index contributed by atoms with van der Waals surface area (Å²) < 4.78 is 127. The molecule has 10 N–H and O–H groups in total. The average molecular weight is 1180 g/mol. The Kier molecular flexibility index (Phi) is 254. The highest BCUT2D eigenvalue weighted by molar-refractivity contribution is 4.46. The third-order valence-corrected chi connectivity index (χ3v) is 5.86. The Morgan fingerprint density at radius 2 is 0.763 bits per heavy atom. The van der Waals surface area contributed by atoms with E-state index >= 15 is 0 Å². The van der Waals surface area contributed by atoms with E-state index in [1.165, 1.54) is 0 Å². The monoisotopic (exact) mass is 1180 g/mol. The molecule has 0 heterocycles. The van der Waals surface area contributed by atoms with Gasteiger partial charge in [-0.25, -0.2) is 0 Å². The van der Waals surface area contributed by atoms with Gasteiger partial charge in [-0.3, -0.25) is 4.70 Å². The number of aliphatic hydroxyl groups excluding tert-OH is 10. The maximum Gasteiger partial charge on any atom is 0.0770 e. The van der Waals surface area contributed by atoms with Crippen molar-refractivity contribution in [1.82, 2.24) is 0 Å². The Morgan fingerprint density at radius 3 is 0.921 bits per heavy atom. The van der Waals surface area contributed by atoms with E-state index in [1.54, 1.807) is 56.5 Å². The van der Waals surface area contributed by atoms with Crippen molar-refractivity contribution in [3.63, 3.8) is 0 Å². The molecule has 4 unspecified atom stereocenters. The minimum absolute atomic E-state index is 0. The molecule has 0 aromatic rings. The summed E-state index contributed by atoms with van der Waals surface area (Å²) in [6.07, 6.45) is 4.62. The molecule has 0 aromatic heterocycles. The maximum atomic E-state index is 8.73. The minimum atomic E-state index is -0.324. The zero-order chi connectivity index (χ0) is 62.6. The summed E-state index contributed by atoms with van der Waals surface area (Å²) in [5.41, 5.74) is 0. The van der Waals surface area contributed by atoms with Crippen LogP contribution >= 0.6 is 0 Å². The average Bonchev–Trinajstić information content (AvgIpc) is 3.43. The summed E-state index contributed by atoms with van der Waals surface area (Å²) in [5.74, 6) is 0. The quantitative estimate of drug-likeness (QED) is 0.0273. The predicted molar refractivity (Wildman–Crippen MR) is 272 cm³/mol. The topological polar surface area (TPSA) is 295 Å². The van der Waals surface area contributed by atoms with Gasteiger partial charge in [-0.2, -0.15) is 0 Å². The fraction of sp³-hybridized carbons (Fsp3) is 1.00. The Morgan fingerprint density at radius 1 is 0.382 bits per heavy atom. The van der Waals surface area contributed by atoms with E-state index in [9.17, 15) is 0 Å². The van der Waals surface area contributed by atoms with Gasteiger partial charge in [-0.15, -0.1) is 0 Å². The summed E-state index contributed by atoms with van der Waals surface area (Å²) in [5, 5.41) is 82.7. The molecule has 0 amide bonds. The summed E-state index contributed by atoms with van der Waals surface area (Å²) >= 11 is 0. The second-order valence-electron chi connectivity index (χ2n) is 13.0. The summed E-state index contributed by atoms with van der Waals surface area (Å²) in [6, 6.07) is 0. The highest BCUT2D eigenvalue weighted by atomic mass is 20.0. The largest absolute Gasteiger partial charge is 0.396 e. The Labute approximate surface area is 448 Å². The van der Waals surface area contributed by atoms with Crippen molar-refractivity contribution in [3.8, 4) is 0 Å². The summed E-state index contributed by atoms with van der Waals surface area (Å²) in [6.45, 7) is 25.0. The van der Waals surface area contributed by atoms with Crippen molar-refractivity contribution in [2.24, 2.45) is 0 Å². The summed E-state index contributed by atoms with van der Waals surface area (Å²) in [4.78, 5) is 0. The van der Waals surface area contributed by atoms with Gasteiger partial charge in [0.15, 0.2) is 0 Å². The number of methoxy groups -OCH3 is 6. The van der Waals surface area contributed by atoms with E-state index in [0.717, 1.165) is 51.7 Å². The number of halogens is 11. The highest BCUT2D eigenvalue weighted by Gasteiger charge is 1.95. The molecule has 0 spiro atoms. The molecule has 31 heteroatoms. The lowest BCUT2D eigenvalue weighted by Gasteiger charge is -2.04. The number of ether oxygens (including phenoxy) is 10. The molecule has 0 aliphatic rings. The van der Waals surface area contributed by atoms with E-state index in [4.69, 9.17) is 125 Å². The SMILES string of the molecule is CC(C)OCCO.CCC(O)COC.CCCOCCO.CCOCC(C)O.CCOCCO.COC(C)CCO.COCC(C)O.COCCCCO.COCCCO.COCCO.F.FF.FF.FF.FF.FF. The van der Waals surface area contributed by atoms with Crippen LogP contribution in [0.1, 0.15) is 101 Å². The van der Waals surface area contributed by atoms with E-state index in [2.05, 4.69) is 18.9 Å². The van der Waals surface area contributed by atoms with Gasteiger partial charge in [0.25, 0.3) is 0 Å². The third kappa shape index (κ3) is 294. The molecule has 76 heavy (non-hydrogen) atoms. The van der Waals surface area contributed by atoms with E-state index in [1.807, 2.05) is 48.5 Å². The van der Waals surface area contributed by atoms with Crippen molar-refractivity contribution in [2.75, 3.05) is 168 Å². The van der Waals surface area contributed by atoms with Crippen LogP contribution in [0.2, 0.25) is 0 Å². The van der Waals surface area contributed by atoms with Crippen LogP contribution in [0.3, 0.4) is 0 Å². The first-order valence-corrected chi connectivity index (χ1v) is 23.3. The predicted octanol–water partition coefficient (Wildman–Crippen LogP) is 6.45. The lowest BCUT2D eigenvalue weighted by atomic mass is 10.3. The van der Waals surface area contributed by atoms with Crippen LogP contribution in [0.4, 0.5) is 50.4 Å². The molecule has 0 rings (SSSR count). The Hall–Kier alpha value is -1.57. The van der Waals surface area contributed by atoms with Gasteiger partial charge in [0.2, 0.25) is 0 Å². The third-order valence-electron chi connectivity index (χ3n) is 5.86. The van der Waals surface area contributed by atoms with Crippen LogP contribution in [0.5, 0.6) is 0 Å². The summed E-state index contributed by atoms with van der Waals surface area (Å²) in [7, 11) is 9.62. The second-order valence-corrected chi connectivity index (χ2v) is 13.0. The number of unbranched alkanes of at least 4 members (excludes halogenated alkanes) is 1. The van der Waals surface area contributed by atoms with E-state index in [0.29, 0.717) is 66.1 Å². The van der Waals surface area contributed by atoms with Crippen LogP contribution in [-0.2, 0) is 47.4 Å². The van der Waals surface area contributed by atoms with Crippen molar-refractivity contribution in [2.45, 2.75) is 131 Å². The molecule has 0 fully saturated rings. The molecule has 0 saturated heterocycles. The first-order chi connectivity index (χ1) is 36.0. The molecule has 0 bridgehead atoms. The van der Waals surface area contributed by atoms with Crippen molar-refractivity contribution in [3.05, 3.63) is 0 Å². The second kappa shape index (κ2) is 164. The number of hydrogen-bond donors (Lipinski definition) is 10. The molecule has 20 nitrogen and oxygen atoms in total. The van der Waals surface area contributed by atoms with Crippen LogP contribution in [0.15, 0.2) is 0 Å². The van der Waals surface area contributed by atoms with Crippen molar-refractivity contribution >= 4 is 0 Å². The standard InChI is InChI=1S/6C5H12O2.3C4H10O2.C3H8O2.5F2.FH/c1-5(7-2)3-4-6;1-5(2)7-4-3-6;1-7-5-3-2-4-6;1-3-5(6)4-7-2;1-3-7-4-5(2)6;1-2-4-7-5-3-6;1-4(5)3-6-2;1-6-4-2-3-5;1-2-6-4-3-5;1-5-3-2-4;5*1-2;/h2*5-6H,3-4H2,1-2H3;6H,2-5H2,1H3;2*5-6H,3-4H2,1-2H3;6H,2-5H2,1H3;4-5H,3H2,1-2H3;2*5H,2-4H2,1H3;4H,2-3H2,1H3;;;;;;1H. The molecular weight excluding hydrogens is 1070 g/mol. The fourth-order valence-electron chi connectivity index (χ4n) is 2.61. The van der Waals surface area contributed by atoms with Gasteiger partial charge in [-0.05, 0) is 87.0 Å². The number of rotatable bonds is 30. The molecule has 0 radical (unpaired) electrons. The van der Waals surface area contributed by atoms with E-state index in [-0.39, 0.29) is 81.5 Å². The molecule has 0 aromatic carbocycles. The lowest BCUT2D eigenvalue weighted by molar-refractivity contribution is 0.0494. The normalized spacial score (nSPS) is 10.1. The number of aliphatic hydroxyl groups is 10. The zero-order valence-electron chi connectivity index (χ0n) is 48.3. The molecule has 0 aliphatic heterocycles. The van der Waals surface area contributed by atoms with Crippen LogP contribution in [0, 0.1) is 0 Å². The van der Waals surface area contributed by atoms with Crippen molar-refractivity contribution < 1.29 is 149 Å². The molecular formula is C45H111F11O20. The first kappa shape index (κ1) is 118. The lowest BCUT2D eigenvalue weighted by Crippen LogP contribution is -2.11. The van der Waals surface area contributed by atoms with E-state index < -0.39 is 0 Å². The highest BCUT2D eigenvalue weighted by Crippen LogP contribution is 1.91. The van der Waals surface area contributed by atoms with Gasteiger partial charge in [0, 0.05) is 141 Å².